The van der Waals surface area contributed by atoms with Gasteiger partial charge in [-0.15, -0.1) is 0 Å². The van der Waals surface area contributed by atoms with Crippen LogP contribution >= 0.6 is 0 Å². The van der Waals surface area contributed by atoms with Crippen molar-refractivity contribution >= 4 is 0 Å². The molecule has 2 aliphatic heterocycles. The van der Waals surface area contributed by atoms with Crippen LogP contribution in [0.25, 0.3) is 0 Å². The molecule has 3 atom stereocenters. The summed E-state index contributed by atoms with van der Waals surface area (Å²) in [7, 11) is 1.80. The van der Waals surface area contributed by atoms with E-state index < -0.39 is 0 Å². The lowest BCUT2D eigenvalue weighted by Crippen LogP contribution is -2.52. The minimum absolute atomic E-state index is 0.0717. The Balaban J connectivity index is 2.01. The van der Waals surface area contributed by atoms with Crippen LogP contribution in [-0.4, -0.2) is 51.2 Å². The molecule has 0 amide bonds. The fourth-order valence-electron chi connectivity index (χ4n) is 3.56. The summed E-state index contributed by atoms with van der Waals surface area (Å²) >= 11 is 0. The van der Waals surface area contributed by atoms with Gasteiger partial charge in [-0.3, -0.25) is 0 Å². The summed E-state index contributed by atoms with van der Waals surface area (Å²) in [5.41, 5.74) is 0.0717. The van der Waals surface area contributed by atoms with Crippen molar-refractivity contribution < 1.29 is 14.2 Å². The zero-order valence-corrected chi connectivity index (χ0v) is 12.6. The molecule has 4 nitrogen and oxygen atoms in total. The van der Waals surface area contributed by atoms with E-state index in [4.69, 9.17) is 14.2 Å². The van der Waals surface area contributed by atoms with Gasteiger partial charge in [-0.2, -0.15) is 0 Å². The van der Waals surface area contributed by atoms with Crippen molar-refractivity contribution in [2.75, 3.05) is 33.5 Å². The van der Waals surface area contributed by atoms with Crippen LogP contribution in [-0.2, 0) is 14.2 Å². The van der Waals surface area contributed by atoms with Gasteiger partial charge in [0.15, 0.2) is 0 Å². The van der Waals surface area contributed by atoms with E-state index in [1.54, 1.807) is 7.11 Å². The number of likely N-dealkylation sites (N-methyl/N-ethyl adjacent to an activating group) is 1. The highest BCUT2D eigenvalue weighted by molar-refractivity contribution is 4.94. The first-order chi connectivity index (χ1) is 9.21. The monoisotopic (exact) mass is 271 g/mol. The van der Waals surface area contributed by atoms with Gasteiger partial charge in [-0.25, -0.2) is 0 Å². The Morgan fingerprint density at radius 1 is 1.32 bits per heavy atom. The van der Waals surface area contributed by atoms with Crippen LogP contribution in [0.2, 0.25) is 0 Å². The second kappa shape index (κ2) is 7.02. The largest absolute Gasteiger partial charge is 0.381 e. The summed E-state index contributed by atoms with van der Waals surface area (Å²) in [5.74, 6) is 0.641. The molecule has 0 bridgehead atoms. The maximum Gasteiger partial charge on any atom is 0.0729 e. The predicted octanol–water partition coefficient (Wildman–Crippen LogP) is 1.98. The van der Waals surface area contributed by atoms with E-state index in [1.807, 2.05) is 0 Å². The maximum absolute atomic E-state index is 6.13. The van der Waals surface area contributed by atoms with E-state index >= 15 is 0 Å². The molecule has 2 saturated heterocycles. The molecule has 2 aliphatic rings. The SMILES string of the molecule is CCNC(C1CCOC2(CCOCC2)C1)C(C)OC. The summed E-state index contributed by atoms with van der Waals surface area (Å²) < 4.78 is 17.2. The average molecular weight is 271 g/mol. The molecule has 3 unspecified atom stereocenters. The lowest BCUT2D eigenvalue weighted by atomic mass is 9.76. The van der Waals surface area contributed by atoms with E-state index in [9.17, 15) is 0 Å². The van der Waals surface area contributed by atoms with Crippen LogP contribution in [0.15, 0.2) is 0 Å². The molecule has 2 fully saturated rings. The lowest BCUT2D eigenvalue weighted by Gasteiger charge is -2.46. The van der Waals surface area contributed by atoms with Gasteiger partial charge in [0, 0.05) is 33.0 Å². The van der Waals surface area contributed by atoms with E-state index in [1.165, 1.54) is 0 Å². The second-order valence-electron chi connectivity index (χ2n) is 5.92. The first kappa shape index (κ1) is 15.2. The van der Waals surface area contributed by atoms with E-state index in [2.05, 4.69) is 19.2 Å². The molecule has 1 spiro atoms. The fraction of sp³-hybridized carbons (Fsp3) is 1.00. The van der Waals surface area contributed by atoms with Crippen molar-refractivity contribution in [3.63, 3.8) is 0 Å². The van der Waals surface area contributed by atoms with E-state index in [0.29, 0.717) is 12.0 Å². The first-order valence-electron chi connectivity index (χ1n) is 7.68. The Morgan fingerprint density at radius 2 is 2.05 bits per heavy atom. The molecule has 0 aromatic heterocycles. The Morgan fingerprint density at radius 3 is 2.68 bits per heavy atom. The minimum atomic E-state index is 0.0717. The van der Waals surface area contributed by atoms with Gasteiger partial charge in [-0.1, -0.05) is 6.92 Å². The highest BCUT2D eigenvalue weighted by atomic mass is 16.5. The third-order valence-electron chi connectivity index (χ3n) is 4.76. The zero-order chi connectivity index (χ0) is 13.7. The summed E-state index contributed by atoms with van der Waals surface area (Å²) in [6.45, 7) is 7.89. The standard InChI is InChI=1S/C15H29NO3/c1-4-16-14(12(2)17-3)13-5-8-19-15(11-13)6-9-18-10-7-15/h12-14,16H,4-11H2,1-3H3. The number of hydrogen-bond donors (Lipinski definition) is 1. The molecule has 0 aliphatic carbocycles. The minimum Gasteiger partial charge on any atom is -0.381 e. The third-order valence-corrected chi connectivity index (χ3v) is 4.76. The number of rotatable bonds is 5. The van der Waals surface area contributed by atoms with E-state index in [0.717, 1.165) is 52.0 Å². The predicted molar refractivity (Wildman–Crippen MR) is 75.4 cm³/mol. The zero-order valence-electron chi connectivity index (χ0n) is 12.6. The molecular formula is C15H29NO3. The third kappa shape index (κ3) is 3.69. The molecule has 0 aromatic carbocycles. The Bertz CT molecular complexity index is 261. The molecule has 2 heterocycles. The number of nitrogens with one attached hydrogen (secondary N) is 1. The van der Waals surface area contributed by atoms with Gasteiger partial charge >= 0.3 is 0 Å². The molecule has 2 rings (SSSR count). The number of hydrogen-bond acceptors (Lipinski definition) is 4. The number of ether oxygens (including phenoxy) is 3. The molecule has 0 saturated carbocycles. The number of methoxy groups -OCH3 is 1. The highest BCUT2D eigenvalue weighted by Gasteiger charge is 2.42. The smallest absolute Gasteiger partial charge is 0.0729 e. The van der Waals surface area contributed by atoms with Crippen LogP contribution in [0.3, 0.4) is 0 Å². The molecule has 4 heteroatoms. The van der Waals surface area contributed by atoms with Gasteiger partial charge in [0.25, 0.3) is 0 Å². The highest BCUT2D eigenvalue weighted by Crippen LogP contribution is 2.38. The summed E-state index contributed by atoms with van der Waals surface area (Å²) in [4.78, 5) is 0. The van der Waals surface area contributed by atoms with Crippen molar-refractivity contribution in [1.29, 1.82) is 0 Å². The van der Waals surface area contributed by atoms with Crippen molar-refractivity contribution in [2.45, 2.75) is 57.3 Å². The summed E-state index contributed by atoms with van der Waals surface area (Å²) in [5, 5.41) is 3.61. The molecule has 0 aromatic rings. The molecule has 112 valence electrons. The topological polar surface area (TPSA) is 39.7 Å². The molecule has 1 N–H and O–H groups in total. The van der Waals surface area contributed by atoms with Gasteiger partial charge in [0.2, 0.25) is 0 Å². The Hall–Kier alpha value is -0.160. The average Bonchev–Trinajstić information content (AvgIpc) is 2.45. The summed E-state index contributed by atoms with van der Waals surface area (Å²) in [6.07, 6.45) is 4.61. The first-order valence-corrected chi connectivity index (χ1v) is 7.68. The quantitative estimate of drug-likeness (QED) is 0.830. The van der Waals surface area contributed by atoms with Crippen LogP contribution in [0.4, 0.5) is 0 Å². The second-order valence-corrected chi connectivity index (χ2v) is 5.92. The van der Waals surface area contributed by atoms with Crippen molar-refractivity contribution in [3.05, 3.63) is 0 Å². The lowest BCUT2D eigenvalue weighted by molar-refractivity contribution is -0.153. The van der Waals surface area contributed by atoms with Crippen LogP contribution in [0.5, 0.6) is 0 Å². The normalized spacial score (nSPS) is 30.2. The van der Waals surface area contributed by atoms with Gasteiger partial charge in [-0.05, 0) is 45.1 Å². The van der Waals surface area contributed by atoms with Gasteiger partial charge in [0.05, 0.1) is 11.7 Å². The molecule has 19 heavy (non-hydrogen) atoms. The van der Waals surface area contributed by atoms with Crippen molar-refractivity contribution in [1.82, 2.24) is 5.32 Å². The van der Waals surface area contributed by atoms with Crippen LogP contribution < -0.4 is 5.32 Å². The Labute approximate surface area is 117 Å². The van der Waals surface area contributed by atoms with Crippen LogP contribution in [0.1, 0.15) is 39.5 Å². The molecule has 0 radical (unpaired) electrons. The fourth-order valence-corrected chi connectivity index (χ4v) is 3.56. The van der Waals surface area contributed by atoms with Gasteiger partial charge < -0.3 is 19.5 Å². The van der Waals surface area contributed by atoms with Crippen LogP contribution in [0, 0.1) is 5.92 Å². The van der Waals surface area contributed by atoms with Crippen molar-refractivity contribution in [2.24, 2.45) is 5.92 Å². The van der Waals surface area contributed by atoms with Crippen molar-refractivity contribution in [3.8, 4) is 0 Å². The molecular weight excluding hydrogens is 242 g/mol. The summed E-state index contributed by atoms with van der Waals surface area (Å²) in [6, 6.07) is 0.429. The van der Waals surface area contributed by atoms with E-state index in [-0.39, 0.29) is 11.7 Å². The maximum atomic E-state index is 6.13. The Kier molecular flexibility index (Phi) is 5.63. The van der Waals surface area contributed by atoms with Gasteiger partial charge in [0.1, 0.15) is 0 Å².